The van der Waals surface area contributed by atoms with Crippen LogP contribution in [0.15, 0.2) is 22.9 Å². The van der Waals surface area contributed by atoms with Gasteiger partial charge in [0.2, 0.25) is 0 Å². The first-order chi connectivity index (χ1) is 6.91. The first kappa shape index (κ1) is 12.5. The Hall–Kier alpha value is -0.570. The number of halogens is 1. The second-order valence-corrected chi connectivity index (χ2v) is 5.86. The van der Waals surface area contributed by atoms with E-state index in [-0.39, 0.29) is 0 Å². The van der Waals surface area contributed by atoms with E-state index < -0.39 is 0 Å². The Kier molecular flexibility index (Phi) is 4.14. The molecule has 0 saturated heterocycles. The van der Waals surface area contributed by atoms with Crippen LogP contribution in [0, 0.1) is 11.3 Å². The molecule has 0 spiro atoms. The maximum Gasteiger partial charge on any atom is 0.0590 e. The highest BCUT2D eigenvalue weighted by Crippen LogP contribution is 2.27. The van der Waals surface area contributed by atoms with Gasteiger partial charge in [0.1, 0.15) is 0 Å². The lowest BCUT2D eigenvalue weighted by Crippen LogP contribution is -2.24. The maximum absolute atomic E-state index is 4.03. The summed E-state index contributed by atoms with van der Waals surface area (Å²) < 4.78 is 1.02. The van der Waals surface area contributed by atoms with Crippen LogP contribution in [0.1, 0.15) is 27.7 Å². The van der Waals surface area contributed by atoms with Crippen molar-refractivity contribution in [1.82, 2.24) is 4.98 Å². The van der Waals surface area contributed by atoms with Crippen LogP contribution in [-0.4, -0.2) is 11.5 Å². The van der Waals surface area contributed by atoms with Crippen LogP contribution in [0.5, 0.6) is 0 Å². The van der Waals surface area contributed by atoms with E-state index in [4.69, 9.17) is 0 Å². The molecule has 2 nitrogen and oxygen atoms in total. The van der Waals surface area contributed by atoms with Crippen molar-refractivity contribution in [3.63, 3.8) is 0 Å². The van der Waals surface area contributed by atoms with Crippen molar-refractivity contribution < 1.29 is 0 Å². The van der Waals surface area contributed by atoms with Crippen molar-refractivity contribution >= 4 is 21.6 Å². The fraction of sp³-hybridized carbons (Fsp3) is 0.583. The monoisotopic (exact) mass is 270 g/mol. The molecule has 1 N–H and O–H groups in total. The van der Waals surface area contributed by atoms with E-state index >= 15 is 0 Å². The Bertz CT molecular complexity index is 318. The topological polar surface area (TPSA) is 24.9 Å². The molecule has 0 aromatic carbocycles. The number of rotatable bonds is 3. The van der Waals surface area contributed by atoms with Crippen molar-refractivity contribution in [3.05, 3.63) is 22.9 Å². The van der Waals surface area contributed by atoms with Crippen molar-refractivity contribution in [2.45, 2.75) is 27.7 Å². The molecule has 15 heavy (non-hydrogen) atoms. The molecule has 0 aliphatic carbocycles. The standard InChI is InChI=1S/C12H19BrN2/c1-9(12(2,3)4)7-15-11-5-6-14-8-10(11)13/h5-6,8-9H,7H2,1-4H3,(H,14,15). The predicted octanol–water partition coefficient (Wildman–Crippen LogP) is 3.94. The Labute approximate surface area is 101 Å². The minimum absolute atomic E-state index is 0.340. The van der Waals surface area contributed by atoms with E-state index in [0.29, 0.717) is 11.3 Å². The number of nitrogens with zero attached hydrogens (tertiary/aromatic N) is 1. The number of pyridine rings is 1. The molecule has 0 radical (unpaired) electrons. The van der Waals surface area contributed by atoms with Gasteiger partial charge in [-0.05, 0) is 33.3 Å². The van der Waals surface area contributed by atoms with Crippen molar-refractivity contribution in [2.75, 3.05) is 11.9 Å². The van der Waals surface area contributed by atoms with Gasteiger partial charge in [0.15, 0.2) is 0 Å². The Morgan fingerprint density at radius 3 is 2.67 bits per heavy atom. The third-order valence-electron chi connectivity index (χ3n) is 2.85. The smallest absolute Gasteiger partial charge is 0.0590 e. The zero-order valence-electron chi connectivity index (χ0n) is 9.84. The van der Waals surface area contributed by atoms with Crippen molar-refractivity contribution in [1.29, 1.82) is 0 Å². The molecule has 1 heterocycles. The zero-order chi connectivity index (χ0) is 11.5. The molecule has 1 aromatic heterocycles. The Morgan fingerprint density at radius 1 is 1.47 bits per heavy atom. The van der Waals surface area contributed by atoms with E-state index in [1.54, 1.807) is 6.20 Å². The second-order valence-electron chi connectivity index (χ2n) is 5.00. The Balaban J connectivity index is 2.55. The Morgan fingerprint density at radius 2 is 2.13 bits per heavy atom. The predicted molar refractivity (Wildman–Crippen MR) is 69.0 cm³/mol. The quantitative estimate of drug-likeness (QED) is 0.900. The summed E-state index contributed by atoms with van der Waals surface area (Å²) in [7, 11) is 0. The molecule has 1 atom stereocenters. The van der Waals surface area contributed by atoms with Gasteiger partial charge < -0.3 is 5.32 Å². The first-order valence-corrected chi connectivity index (χ1v) is 6.04. The molecule has 1 rings (SSSR count). The lowest BCUT2D eigenvalue weighted by atomic mass is 9.82. The lowest BCUT2D eigenvalue weighted by Gasteiger charge is -2.27. The van der Waals surface area contributed by atoms with E-state index in [1.165, 1.54) is 0 Å². The number of hydrogen-bond acceptors (Lipinski definition) is 2. The first-order valence-electron chi connectivity index (χ1n) is 5.24. The molecule has 0 aliphatic heterocycles. The zero-order valence-corrected chi connectivity index (χ0v) is 11.4. The molecular formula is C12H19BrN2. The molecular weight excluding hydrogens is 252 g/mol. The summed E-state index contributed by atoms with van der Waals surface area (Å²) in [5, 5.41) is 3.43. The SMILES string of the molecule is CC(CNc1ccncc1Br)C(C)(C)C. The largest absolute Gasteiger partial charge is 0.384 e. The van der Waals surface area contributed by atoms with Crippen LogP contribution in [0.3, 0.4) is 0 Å². The fourth-order valence-electron chi connectivity index (χ4n) is 1.09. The molecule has 1 unspecified atom stereocenters. The highest BCUT2D eigenvalue weighted by atomic mass is 79.9. The van der Waals surface area contributed by atoms with E-state index in [1.807, 2.05) is 12.3 Å². The summed E-state index contributed by atoms with van der Waals surface area (Å²) in [4.78, 5) is 4.03. The van der Waals surface area contributed by atoms with Gasteiger partial charge in [-0.25, -0.2) is 0 Å². The highest BCUT2D eigenvalue weighted by Gasteiger charge is 2.19. The third kappa shape index (κ3) is 3.82. The van der Waals surface area contributed by atoms with Crippen LogP contribution in [0.25, 0.3) is 0 Å². The fourth-order valence-corrected chi connectivity index (χ4v) is 1.48. The minimum atomic E-state index is 0.340. The average molecular weight is 271 g/mol. The van der Waals surface area contributed by atoms with Crippen LogP contribution in [0.2, 0.25) is 0 Å². The maximum atomic E-state index is 4.03. The summed E-state index contributed by atoms with van der Waals surface area (Å²) in [6.07, 6.45) is 3.61. The molecule has 84 valence electrons. The summed E-state index contributed by atoms with van der Waals surface area (Å²) in [6.45, 7) is 10.0. The summed E-state index contributed by atoms with van der Waals surface area (Å²) in [5.74, 6) is 0.623. The van der Waals surface area contributed by atoms with Crippen LogP contribution >= 0.6 is 15.9 Å². The summed E-state index contributed by atoms with van der Waals surface area (Å²) >= 11 is 3.47. The van der Waals surface area contributed by atoms with Crippen LogP contribution in [-0.2, 0) is 0 Å². The number of nitrogens with one attached hydrogen (secondary N) is 1. The second kappa shape index (κ2) is 4.97. The van der Waals surface area contributed by atoms with Gasteiger partial charge in [0, 0.05) is 18.9 Å². The van der Waals surface area contributed by atoms with Gasteiger partial charge in [-0.3, -0.25) is 4.98 Å². The molecule has 1 aromatic rings. The molecule has 3 heteroatoms. The van der Waals surface area contributed by atoms with E-state index in [9.17, 15) is 0 Å². The van der Waals surface area contributed by atoms with E-state index in [2.05, 4.69) is 53.9 Å². The average Bonchev–Trinajstić information content (AvgIpc) is 2.14. The minimum Gasteiger partial charge on any atom is -0.384 e. The van der Waals surface area contributed by atoms with E-state index in [0.717, 1.165) is 16.7 Å². The molecule has 0 aliphatic rings. The normalized spacial score (nSPS) is 13.7. The highest BCUT2D eigenvalue weighted by molar-refractivity contribution is 9.10. The van der Waals surface area contributed by atoms with Crippen LogP contribution in [0.4, 0.5) is 5.69 Å². The summed E-state index contributed by atoms with van der Waals surface area (Å²) in [5.41, 5.74) is 1.45. The molecule has 0 fully saturated rings. The van der Waals surface area contributed by atoms with Gasteiger partial charge in [-0.1, -0.05) is 27.7 Å². The van der Waals surface area contributed by atoms with Gasteiger partial charge in [-0.15, -0.1) is 0 Å². The number of anilines is 1. The lowest BCUT2D eigenvalue weighted by molar-refractivity contribution is 0.274. The van der Waals surface area contributed by atoms with Gasteiger partial charge in [0.05, 0.1) is 10.2 Å². The van der Waals surface area contributed by atoms with Gasteiger partial charge in [-0.2, -0.15) is 0 Å². The van der Waals surface area contributed by atoms with Gasteiger partial charge >= 0.3 is 0 Å². The van der Waals surface area contributed by atoms with Crippen molar-refractivity contribution in [3.8, 4) is 0 Å². The van der Waals surface area contributed by atoms with Crippen molar-refractivity contribution in [2.24, 2.45) is 11.3 Å². The molecule has 0 amide bonds. The number of aromatic nitrogens is 1. The third-order valence-corrected chi connectivity index (χ3v) is 3.48. The van der Waals surface area contributed by atoms with Gasteiger partial charge in [0.25, 0.3) is 0 Å². The molecule has 0 saturated carbocycles. The summed E-state index contributed by atoms with van der Waals surface area (Å²) in [6, 6.07) is 1.99. The molecule has 0 bridgehead atoms. The number of hydrogen-bond donors (Lipinski definition) is 1. The van der Waals surface area contributed by atoms with Crippen LogP contribution < -0.4 is 5.32 Å².